The van der Waals surface area contributed by atoms with Crippen LogP contribution in [0.25, 0.3) is 0 Å². The number of hydrogen-bond acceptors (Lipinski definition) is 2. The van der Waals surface area contributed by atoms with Gasteiger partial charge in [-0.2, -0.15) is 0 Å². The Balaban J connectivity index is 2.56. The maximum absolute atomic E-state index is 11.9. The first-order valence-corrected chi connectivity index (χ1v) is 8.06. The van der Waals surface area contributed by atoms with Gasteiger partial charge in [-0.3, -0.25) is 4.21 Å². The summed E-state index contributed by atoms with van der Waals surface area (Å²) in [5.41, 5.74) is 9.74. The van der Waals surface area contributed by atoms with E-state index in [1.165, 1.54) is 11.1 Å². The average molecular weight is 267 g/mol. The summed E-state index contributed by atoms with van der Waals surface area (Å²) in [6, 6.07) is 6.13. The van der Waals surface area contributed by atoms with Crippen LogP contribution in [0, 0.1) is 19.8 Å². The summed E-state index contributed by atoms with van der Waals surface area (Å²) in [7, 11) is -0.808. The molecule has 0 saturated heterocycles. The molecule has 18 heavy (non-hydrogen) atoms. The molecule has 1 aromatic rings. The summed E-state index contributed by atoms with van der Waals surface area (Å²) in [4.78, 5) is 0. The molecule has 0 fully saturated rings. The minimum atomic E-state index is -0.808. The largest absolute Gasteiger partial charge is 0.323 e. The van der Waals surface area contributed by atoms with Gasteiger partial charge in [-0.15, -0.1) is 0 Å². The van der Waals surface area contributed by atoms with Crippen LogP contribution in [-0.2, 0) is 10.8 Å². The predicted molar refractivity (Wildman–Crippen MR) is 80.2 cm³/mol. The highest BCUT2D eigenvalue weighted by molar-refractivity contribution is 7.85. The van der Waals surface area contributed by atoms with E-state index in [9.17, 15) is 4.21 Å². The Bertz CT molecular complexity index is 415. The zero-order valence-electron chi connectivity index (χ0n) is 11.9. The molecule has 0 aliphatic heterocycles. The van der Waals surface area contributed by atoms with Gasteiger partial charge in [0.05, 0.1) is 0 Å². The Kier molecular flexibility index (Phi) is 6.03. The minimum absolute atomic E-state index is 0.114. The van der Waals surface area contributed by atoms with Crippen molar-refractivity contribution < 1.29 is 4.21 Å². The monoisotopic (exact) mass is 267 g/mol. The molecule has 2 nitrogen and oxygen atoms in total. The fourth-order valence-electron chi connectivity index (χ4n) is 1.74. The summed E-state index contributed by atoms with van der Waals surface area (Å²) >= 11 is 0. The van der Waals surface area contributed by atoms with Crippen LogP contribution >= 0.6 is 0 Å². The second-order valence-electron chi connectivity index (χ2n) is 5.44. The van der Waals surface area contributed by atoms with E-state index in [-0.39, 0.29) is 6.04 Å². The van der Waals surface area contributed by atoms with Crippen molar-refractivity contribution in [3.8, 4) is 0 Å². The predicted octanol–water partition coefficient (Wildman–Crippen LogP) is 3.10. The number of nitrogens with two attached hydrogens (primary N) is 1. The quantitative estimate of drug-likeness (QED) is 0.860. The smallest absolute Gasteiger partial charge is 0.0428 e. The third kappa shape index (κ3) is 4.91. The van der Waals surface area contributed by atoms with E-state index in [2.05, 4.69) is 39.8 Å². The lowest BCUT2D eigenvalue weighted by Crippen LogP contribution is -2.20. The first-order valence-electron chi connectivity index (χ1n) is 6.58. The van der Waals surface area contributed by atoms with Gasteiger partial charge < -0.3 is 5.73 Å². The molecular weight excluding hydrogens is 242 g/mol. The molecule has 0 spiro atoms. The molecule has 0 aromatic heterocycles. The van der Waals surface area contributed by atoms with Crippen molar-refractivity contribution in [2.45, 2.75) is 40.2 Å². The van der Waals surface area contributed by atoms with Crippen LogP contribution in [0.5, 0.6) is 0 Å². The molecule has 0 heterocycles. The van der Waals surface area contributed by atoms with E-state index in [4.69, 9.17) is 5.73 Å². The topological polar surface area (TPSA) is 43.1 Å². The molecule has 1 rings (SSSR count). The first-order chi connectivity index (χ1) is 8.40. The molecule has 0 radical (unpaired) electrons. The van der Waals surface area contributed by atoms with Crippen molar-refractivity contribution in [1.29, 1.82) is 0 Å². The molecule has 3 heteroatoms. The van der Waals surface area contributed by atoms with Crippen molar-refractivity contribution in [2.75, 3.05) is 11.5 Å². The zero-order valence-corrected chi connectivity index (χ0v) is 12.7. The third-order valence-corrected chi connectivity index (χ3v) is 4.67. The van der Waals surface area contributed by atoms with Crippen LogP contribution in [0.2, 0.25) is 0 Å². The molecule has 0 aliphatic carbocycles. The maximum Gasteiger partial charge on any atom is 0.0428 e. The standard InChI is InChI=1S/C15H25NOS/c1-11(2)7-8-18(17)10-15(16)14-6-5-12(3)13(4)9-14/h5-6,9,11,15H,7-8,10,16H2,1-4H3. The van der Waals surface area contributed by atoms with Gasteiger partial charge in [0.15, 0.2) is 0 Å². The fraction of sp³-hybridized carbons (Fsp3) is 0.600. The maximum atomic E-state index is 11.9. The van der Waals surface area contributed by atoms with Gasteiger partial charge in [-0.1, -0.05) is 32.0 Å². The van der Waals surface area contributed by atoms with Crippen LogP contribution < -0.4 is 5.73 Å². The lowest BCUT2D eigenvalue weighted by Gasteiger charge is -2.14. The van der Waals surface area contributed by atoms with E-state index in [0.29, 0.717) is 11.7 Å². The van der Waals surface area contributed by atoms with Gasteiger partial charge in [-0.05, 0) is 42.9 Å². The van der Waals surface area contributed by atoms with Crippen LogP contribution in [0.15, 0.2) is 18.2 Å². The highest BCUT2D eigenvalue weighted by atomic mass is 32.2. The van der Waals surface area contributed by atoms with Crippen molar-refractivity contribution in [2.24, 2.45) is 11.7 Å². The van der Waals surface area contributed by atoms with Gasteiger partial charge >= 0.3 is 0 Å². The molecule has 0 bridgehead atoms. The normalized spacial score (nSPS) is 14.8. The highest BCUT2D eigenvalue weighted by Gasteiger charge is 2.11. The average Bonchev–Trinajstić information content (AvgIpc) is 2.30. The second-order valence-corrected chi connectivity index (χ2v) is 7.06. The van der Waals surface area contributed by atoms with Gasteiger partial charge in [-0.25, -0.2) is 0 Å². The Morgan fingerprint density at radius 1 is 1.22 bits per heavy atom. The summed E-state index contributed by atoms with van der Waals surface area (Å²) < 4.78 is 11.9. The Labute approximate surface area is 113 Å². The molecule has 102 valence electrons. The van der Waals surface area contributed by atoms with Gasteiger partial charge in [0.1, 0.15) is 0 Å². The number of aryl methyl sites for hydroxylation is 2. The third-order valence-electron chi connectivity index (χ3n) is 3.25. The molecule has 1 aromatic carbocycles. The second kappa shape index (κ2) is 7.05. The summed E-state index contributed by atoms with van der Waals surface area (Å²) in [5.74, 6) is 1.93. The number of hydrogen-bond donors (Lipinski definition) is 1. The summed E-state index contributed by atoms with van der Waals surface area (Å²) in [6.45, 7) is 8.48. The Hall–Kier alpha value is -0.670. The molecule has 0 amide bonds. The van der Waals surface area contributed by atoms with Crippen molar-refractivity contribution in [3.63, 3.8) is 0 Å². The molecule has 2 unspecified atom stereocenters. The van der Waals surface area contributed by atoms with E-state index in [0.717, 1.165) is 17.7 Å². The zero-order chi connectivity index (χ0) is 13.7. The molecule has 2 atom stereocenters. The van der Waals surface area contributed by atoms with E-state index < -0.39 is 10.8 Å². The fourth-order valence-corrected chi connectivity index (χ4v) is 3.24. The summed E-state index contributed by atoms with van der Waals surface area (Å²) in [5, 5.41) is 0. The number of rotatable bonds is 6. The summed E-state index contributed by atoms with van der Waals surface area (Å²) in [6.07, 6.45) is 1.01. The highest BCUT2D eigenvalue weighted by Crippen LogP contribution is 2.16. The Morgan fingerprint density at radius 2 is 1.89 bits per heavy atom. The van der Waals surface area contributed by atoms with Crippen LogP contribution in [-0.4, -0.2) is 15.7 Å². The van der Waals surface area contributed by atoms with E-state index in [1.807, 2.05) is 6.07 Å². The minimum Gasteiger partial charge on any atom is -0.323 e. The van der Waals surface area contributed by atoms with Gasteiger partial charge in [0.25, 0.3) is 0 Å². The Morgan fingerprint density at radius 3 is 2.44 bits per heavy atom. The van der Waals surface area contributed by atoms with Gasteiger partial charge in [0, 0.05) is 28.3 Å². The van der Waals surface area contributed by atoms with Crippen LogP contribution in [0.1, 0.15) is 43.0 Å². The van der Waals surface area contributed by atoms with Crippen LogP contribution in [0.4, 0.5) is 0 Å². The molecule has 2 N–H and O–H groups in total. The molecular formula is C15H25NOS. The van der Waals surface area contributed by atoms with Crippen molar-refractivity contribution in [1.82, 2.24) is 0 Å². The van der Waals surface area contributed by atoms with E-state index in [1.54, 1.807) is 0 Å². The first kappa shape index (κ1) is 15.4. The lowest BCUT2D eigenvalue weighted by atomic mass is 10.0. The number of benzene rings is 1. The van der Waals surface area contributed by atoms with Crippen molar-refractivity contribution >= 4 is 10.8 Å². The molecule has 0 aliphatic rings. The van der Waals surface area contributed by atoms with Crippen molar-refractivity contribution in [3.05, 3.63) is 34.9 Å². The van der Waals surface area contributed by atoms with E-state index >= 15 is 0 Å². The van der Waals surface area contributed by atoms with Gasteiger partial charge in [0.2, 0.25) is 0 Å². The lowest BCUT2D eigenvalue weighted by molar-refractivity contribution is 0.617. The molecule has 0 saturated carbocycles. The van der Waals surface area contributed by atoms with Crippen LogP contribution in [0.3, 0.4) is 0 Å². The SMILES string of the molecule is Cc1ccc(C(N)CS(=O)CCC(C)C)cc1C.